The van der Waals surface area contributed by atoms with Gasteiger partial charge >= 0.3 is 0 Å². The predicted molar refractivity (Wildman–Crippen MR) is 88.7 cm³/mol. The molecule has 1 aromatic carbocycles. The molecule has 0 aromatic heterocycles. The molecule has 1 fully saturated rings. The molecule has 0 bridgehead atoms. The number of nitrogens with zero attached hydrogens (tertiary/aromatic N) is 1. The van der Waals surface area contributed by atoms with Crippen molar-refractivity contribution in [2.24, 2.45) is 11.8 Å². The Bertz CT molecular complexity index is 548. The molecule has 0 aliphatic heterocycles. The van der Waals surface area contributed by atoms with E-state index in [1.54, 1.807) is 4.90 Å². The van der Waals surface area contributed by atoms with Crippen LogP contribution in [0.1, 0.15) is 37.3 Å². The standard InChI is InChI=1S/C18H26N2O2/c1-5-6-7-20(4)18(22)16-11-15(16)17(21)19-14-9-12(2)8-13(3)10-14/h8-10,15-16H,5-7,11H2,1-4H3,(H,19,21). The van der Waals surface area contributed by atoms with Crippen molar-refractivity contribution in [3.63, 3.8) is 0 Å². The second-order valence-electron chi connectivity index (χ2n) is 6.43. The molecule has 1 aliphatic carbocycles. The Labute approximate surface area is 132 Å². The summed E-state index contributed by atoms with van der Waals surface area (Å²) < 4.78 is 0. The zero-order chi connectivity index (χ0) is 16.3. The van der Waals surface area contributed by atoms with Crippen LogP contribution < -0.4 is 5.32 Å². The summed E-state index contributed by atoms with van der Waals surface area (Å²) in [5.41, 5.74) is 3.07. The third kappa shape index (κ3) is 4.09. The van der Waals surface area contributed by atoms with Crippen LogP contribution in [0.4, 0.5) is 5.69 Å². The summed E-state index contributed by atoms with van der Waals surface area (Å²) in [4.78, 5) is 26.3. The van der Waals surface area contributed by atoms with E-state index in [0.717, 1.165) is 36.2 Å². The minimum Gasteiger partial charge on any atom is -0.346 e. The lowest BCUT2D eigenvalue weighted by Crippen LogP contribution is -2.30. The van der Waals surface area contributed by atoms with Gasteiger partial charge in [0.2, 0.25) is 11.8 Å². The fourth-order valence-electron chi connectivity index (χ4n) is 2.83. The fourth-order valence-corrected chi connectivity index (χ4v) is 2.83. The van der Waals surface area contributed by atoms with Gasteiger partial charge in [0.15, 0.2) is 0 Å². The SMILES string of the molecule is CCCCN(C)C(=O)C1CC1C(=O)Nc1cc(C)cc(C)c1. The molecule has 120 valence electrons. The fraction of sp³-hybridized carbons (Fsp3) is 0.556. The Hall–Kier alpha value is -1.84. The molecule has 1 aliphatic rings. The Morgan fingerprint density at radius 2 is 1.82 bits per heavy atom. The maximum Gasteiger partial charge on any atom is 0.228 e. The highest BCUT2D eigenvalue weighted by Crippen LogP contribution is 2.40. The molecule has 0 radical (unpaired) electrons. The molecule has 1 saturated carbocycles. The molecular weight excluding hydrogens is 276 g/mol. The van der Waals surface area contributed by atoms with Crippen molar-refractivity contribution in [3.8, 4) is 0 Å². The lowest BCUT2D eigenvalue weighted by Gasteiger charge is -2.16. The van der Waals surface area contributed by atoms with Crippen LogP contribution in [0.5, 0.6) is 0 Å². The van der Waals surface area contributed by atoms with Gasteiger partial charge in [0.05, 0.1) is 11.8 Å². The Balaban J connectivity index is 1.89. The highest BCUT2D eigenvalue weighted by Gasteiger charge is 2.48. The van der Waals surface area contributed by atoms with E-state index in [1.807, 2.05) is 33.0 Å². The quantitative estimate of drug-likeness (QED) is 0.877. The lowest BCUT2D eigenvalue weighted by atomic mass is 10.1. The number of rotatable bonds is 6. The van der Waals surface area contributed by atoms with Crippen molar-refractivity contribution in [2.75, 3.05) is 18.9 Å². The molecule has 0 heterocycles. The molecule has 2 unspecified atom stereocenters. The van der Waals surface area contributed by atoms with Crippen LogP contribution in [0.25, 0.3) is 0 Å². The number of unbranched alkanes of at least 4 members (excludes halogenated alkanes) is 1. The van der Waals surface area contributed by atoms with Gasteiger partial charge in [0, 0.05) is 19.3 Å². The average molecular weight is 302 g/mol. The number of amides is 2. The van der Waals surface area contributed by atoms with Crippen LogP contribution >= 0.6 is 0 Å². The predicted octanol–water partition coefficient (Wildman–Crippen LogP) is 3.14. The van der Waals surface area contributed by atoms with Crippen LogP contribution in [-0.4, -0.2) is 30.3 Å². The van der Waals surface area contributed by atoms with Gasteiger partial charge < -0.3 is 10.2 Å². The second-order valence-corrected chi connectivity index (χ2v) is 6.43. The van der Waals surface area contributed by atoms with Crippen molar-refractivity contribution < 1.29 is 9.59 Å². The van der Waals surface area contributed by atoms with Crippen molar-refractivity contribution in [2.45, 2.75) is 40.0 Å². The van der Waals surface area contributed by atoms with Gasteiger partial charge in [0.25, 0.3) is 0 Å². The van der Waals surface area contributed by atoms with Crippen molar-refractivity contribution in [3.05, 3.63) is 29.3 Å². The van der Waals surface area contributed by atoms with Gasteiger partial charge in [-0.25, -0.2) is 0 Å². The summed E-state index contributed by atoms with van der Waals surface area (Å²) in [6.07, 6.45) is 2.75. The highest BCUT2D eigenvalue weighted by molar-refractivity contribution is 5.99. The highest BCUT2D eigenvalue weighted by atomic mass is 16.2. The molecule has 0 spiro atoms. The average Bonchev–Trinajstić information content (AvgIpc) is 3.23. The van der Waals surface area contributed by atoms with E-state index in [1.165, 1.54) is 0 Å². The summed E-state index contributed by atoms with van der Waals surface area (Å²) in [7, 11) is 1.83. The Morgan fingerprint density at radius 1 is 1.18 bits per heavy atom. The number of hydrogen-bond donors (Lipinski definition) is 1. The normalized spacial score (nSPS) is 19.6. The Morgan fingerprint density at radius 3 is 2.41 bits per heavy atom. The van der Waals surface area contributed by atoms with E-state index < -0.39 is 0 Å². The molecule has 2 atom stereocenters. The minimum atomic E-state index is -0.169. The van der Waals surface area contributed by atoms with E-state index in [4.69, 9.17) is 0 Å². The van der Waals surface area contributed by atoms with E-state index in [2.05, 4.69) is 18.3 Å². The molecule has 22 heavy (non-hydrogen) atoms. The van der Waals surface area contributed by atoms with E-state index in [0.29, 0.717) is 6.42 Å². The molecule has 4 heteroatoms. The van der Waals surface area contributed by atoms with Gasteiger partial charge in [-0.05, 0) is 49.9 Å². The summed E-state index contributed by atoms with van der Waals surface area (Å²) in [5, 5.41) is 2.94. The third-order valence-corrected chi connectivity index (χ3v) is 4.16. The molecule has 2 rings (SSSR count). The number of carbonyl (C=O) groups excluding carboxylic acids is 2. The van der Waals surface area contributed by atoms with E-state index in [9.17, 15) is 9.59 Å². The lowest BCUT2D eigenvalue weighted by molar-refractivity contribution is -0.132. The van der Waals surface area contributed by atoms with Crippen molar-refractivity contribution >= 4 is 17.5 Å². The van der Waals surface area contributed by atoms with Crippen LogP contribution in [0.2, 0.25) is 0 Å². The zero-order valence-corrected chi connectivity index (χ0v) is 14.0. The Kier molecular flexibility index (Phi) is 5.22. The molecule has 2 amide bonds. The van der Waals surface area contributed by atoms with Crippen molar-refractivity contribution in [1.29, 1.82) is 0 Å². The van der Waals surface area contributed by atoms with Gasteiger partial charge in [0.1, 0.15) is 0 Å². The maximum absolute atomic E-state index is 12.3. The third-order valence-electron chi connectivity index (χ3n) is 4.16. The summed E-state index contributed by atoms with van der Waals surface area (Å²) >= 11 is 0. The molecule has 0 saturated heterocycles. The van der Waals surface area contributed by atoms with Gasteiger partial charge in [-0.2, -0.15) is 0 Å². The topological polar surface area (TPSA) is 49.4 Å². The molecule has 4 nitrogen and oxygen atoms in total. The zero-order valence-electron chi connectivity index (χ0n) is 14.0. The number of hydrogen-bond acceptors (Lipinski definition) is 2. The van der Waals surface area contributed by atoms with Gasteiger partial charge in [-0.3, -0.25) is 9.59 Å². The number of aryl methyl sites for hydroxylation is 2. The smallest absolute Gasteiger partial charge is 0.228 e. The summed E-state index contributed by atoms with van der Waals surface area (Å²) in [6.45, 7) is 6.90. The molecular formula is C18H26N2O2. The van der Waals surface area contributed by atoms with E-state index in [-0.39, 0.29) is 23.7 Å². The summed E-state index contributed by atoms with van der Waals surface area (Å²) in [6, 6.07) is 5.98. The first kappa shape index (κ1) is 16.5. The van der Waals surface area contributed by atoms with Gasteiger partial charge in [-0.1, -0.05) is 19.4 Å². The number of nitrogens with one attached hydrogen (secondary N) is 1. The van der Waals surface area contributed by atoms with Crippen LogP contribution in [-0.2, 0) is 9.59 Å². The second kappa shape index (κ2) is 6.95. The van der Waals surface area contributed by atoms with Gasteiger partial charge in [-0.15, -0.1) is 0 Å². The van der Waals surface area contributed by atoms with Crippen LogP contribution in [0.15, 0.2) is 18.2 Å². The summed E-state index contributed by atoms with van der Waals surface area (Å²) in [5.74, 6) is -0.230. The molecule has 1 aromatic rings. The first-order chi connectivity index (χ1) is 10.4. The van der Waals surface area contributed by atoms with Crippen LogP contribution in [0.3, 0.4) is 0 Å². The number of anilines is 1. The first-order valence-corrected chi connectivity index (χ1v) is 8.06. The van der Waals surface area contributed by atoms with Crippen molar-refractivity contribution in [1.82, 2.24) is 4.90 Å². The largest absolute Gasteiger partial charge is 0.346 e. The van der Waals surface area contributed by atoms with Crippen LogP contribution in [0, 0.1) is 25.7 Å². The number of carbonyl (C=O) groups is 2. The maximum atomic E-state index is 12.3. The first-order valence-electron chi connectivity index (χ1n) is 8.06. The van der Waals surface area contributed by atoms with E-state index >= 15 is 0 Å². The monoisotopic (exact) mass is 302 g/mol. The number of benzene rings is 1. The molecule has 1 N–H and O–H groups in total. The minimum absolute atomic E-state index is 0.0350.